The minimum Gasteiger partial charge on any atom is -0.467 e. The normalized spacial score (nSPS) is 13.2. The predicted molar refractivity (Wildman–Crippen MR) is 109 cm³/mol. The van der Waals surface area contributed by atoms with Gasteiger partial charge < -0.3 is 15.1 Å². The molecule has 2 N–H and O–H groups in total. The summed E-state index contributed by atoms with van der Waals surface area (Å²) in [6.07, 6.45) is 7.25. The summed E-state index contributed by atoms with van der Waals surface area (Å²) in [6.45, 7) is 0.396. The monoisotopic (exact) mass is 414 g/mol. The molecule has 1 aliphatic rings. The van der Waals surface area contributed by atoms with Gasteiger partial charge in [0, 0.05) is 17.8 Å². The maximum Gasteiger partial charge on any atom is 0.262 e. The van der Waals surface area contributed by atoms with Crippen molar-refractivity contribution in [2.45, 2.75) is 45.2 Å². The largest absolute Gasteiger partial charge is 0.467 e. The number of aryl methyl sites for hydroxylation is 2. The Bertz CT molecular complexity index is 1080. The van der Waals surface area contributed by atoms with E-state index in [-0.39, 0.29) is 36.9 Å². The summed E-state index contributed by atoms with van der Waals surface area (Å²) >= 11 is 1.59. The molecule has 8 nitrogen and oxygen atoms in total. The van der Waals surface area contributed by atoms with Gasteiger partial charge in [-0.15, -0.1) is 11.3 Å². The highest BCUT2D eigenvalue weighted by atomic mass is 32.1. The van der Waals surface area contributed by atoms with Crippen LogP contribution in [0.3, 0.4) is 0 Å². The first kappa shape index (κ1) is 19.4. The van der Waals surface area contributed by atoms with Gasteiger partial charge in [0.1, 0.15) is 17.1 Å². The molecule has 152 valence electrons. The van der Waals surface area contributed by atoms with E-state index in [1.807, 2.05) is 0 Å². The summed E-state index contributed by atoms with van der Waals surface area (Å²) in [5.41, 5.74) is 0.942. The lowest BCUT2D eigenvalue weighted by atomic mass is 9.97. The molecule has 0 fully saturated rings. The highest BCUT2D eigenvalue weighted by molar-refractivity contribution is 7.18. The van der Waals surface area contributed by atoms with Crippen LogP contribution in [0.4, 0.5) is 0 Å². The molecule has 0 aromatic carbocycles. The number of furan rings is 1. The number of fused-ring (bicyclic) bond motifs is 3. The number of aromatic nitrogens is 2. The Morgan fingerprint density at radius 2 is 2.07 bits per heavy atom. The van der Waals surface area contributed by atoms with E-state index in [0.717, 1.165) is 36.1 Å². The van der Waals surface area contributed by atoms with Crippen molar-refractivity contribution < 1.29 is 14.0 Å². The quantitative estimate of drug-likeness (QED) is 0.613. The van der Waals surface area contributed by atoms with Gasteiger partial charge >= 0.3 is 0 Å². The minimum absolute atomic E-state index is 0.111. The number of rotatable bonds is 7. The van der Waals surface area contributed by atoms with Crippen LogP contribution in [-0.2, 0) is 35.5 Å². The van der Waals surface area contributed by atoms with Crippen molar-refractivity contribution >= 4 is 33.4 Å². The molecule has 3 aromatic rings. The van der Waals surface area contributed by atoms with Crippen molar-refractivity contribution in [2.24, 2.45) is 0 Å². The molecule has 9 heteroatoms. The lowest BCUT2D eigenvalue weighted by Crippen LogP contribution is -2.35. The number of nitrogens with zero attached hydrogens (tertiary/aromatic N) is 2. The van der Waals surface area contributed by atoms with Gasteiger partial charge in [0.2, 0.25) is 11.8 Å². The number of carbonyl (C=O) groups excluding carboxylic acids is 2. The standard InChI is InChI=1S/C20H22N4O4S/c25-16(22-10-13-4-3-9-28-13)7-8-21-17(26)11-24-12-23-19-18(20(24)27)14-5-1-2-6-15(14)29-19/h3-4,9,12H,1-2,5-8,10-11H2,(H,21,26)(H,22,25). The first-order valence-electron chi connectivity index (χ1n) is 9.67. The second-order valence-electron chi connectivity index (χ2n) is 7.02. The molecule has 3 heterocycles. The van der Waals surface area contributed by atoms with E-state index in [1.165, 1.54) is 15.8 Å². The van der Waals surface area contributed by atoms with Crippen LogP contribution in [0.5, 0.6) is 0 Å². The van der Waals surface area contributed by atoms with Crippen LogP contribution in [-0.4, -0.2) is 27.9 Å². The van der Waals surface area contributed by atoms with E-state index in [1.54, 1.807) is 29.7 Å². The average molecular weight is 414 g/mol. The van der Waals surface area contributed by atoms with Gasteiger partial charge in [-0.3, -0.25) is 19.0 Å². The van der Waals surface area contributed by atoms with Crippen LogP contribution in [0.1, 0.15) is 35.5 Å². The van der Waals surface area contributed by atoms with Gasteiger partial charge in [-0.2, -0.15) is 0 Å². The summed E-state index contributed by atoms with van der Waals surface area (Å²) in [5.74, 6) is 0.156. The third kappa shape index (κ3) is 4.40. The highest BCUT2D eigenvalue weighted by Crippen LogP contribution is 2.33. The molecule has 0 aliphatic heterocycles. The van der Waals surface area contributed by atoms with E-state index in [0.29, 0.717) is 17.7 Å². The van der Waals surface area contributed by atoms with Crippen molar-refractivity contribution in [2.75, 3.05) is 6.54 Å². The number of carbonyl (C=O) groups is 2. The number of amides is 2. The number of thiophene rings is 1. The van der Waals surface area contributed by atoms with Crippen molar-refractivity contribution in [3.63, 3.8) is 0 Å². The molecular weight excluding hydrogens is 392 g/mol. The second-order valence-corrected chi connectivity index (χ2v) is 8.11. The van der Waals surface area contributed by atoms with Crippen molar-refractivity contribution in [1.82, 2.24) is 20.2 Å². The average Bonchev–Trinajstić information content (AvgIpc) is 3.36. The van der Waals surface area contributed by atoms with Crippen LogP contribution in [0.25, 0.3) is 10.2 Å². The maximum atomic E-state index is 12.9. The molecule has 2 amide bonds. The predicted octanol–water partition coefficient (Wildman–Crippen LogP) is 1.75. The third-order valence-electron chi connectivity index (χ3n) is 4.97. The zero-order valence-corrected chi connectivity index (χ0v) is 16.7. The first-order chi connectivity index (χ1) is 14.1. The lowest BCUT2D eigenvalue weighted by Gasteiger charge is -2.10. The van der Waals surface area contributed by atoms with Crippen LogP contribution in [0, 0.1) is 0 Å². The summed E-state index contributed by atoms with van der Waals surface area (Å²) in [4.78, 5) is 43.3. The van der Waals surface area contributed by atoms with E-state index < -0.39 is 0 Å². The summed E-state index contributed by atoms with van der Waals surface area (Å²) < 4.78 is 6.48. The van der Waals surface area contributed by atoms with E-state index in [2.05, 4.69) is 15.6 Å². The molecule has 0 spiro atoms. The minimum atomic E-state index is -0.323. The molecule has 0 unspecified atom stereocenters. The molecule has 0 radical (unpaired) electrons. The second kappa shape index (κ2) is 8.60. The Morgan fingerprint density at radius 1 is 1.21 bits per heavy atom. The van der Waals surface area contributed by atoms with E-state index >= 15 is 0 Å². The van der Waals surface area contributed by atoms with Crippen LogP contribution < -0.4 is 16.2 Å². The fraction of sp³-hybridized carbons (Fsp3) is 0.400. The van der Waals surface area contributed by atoms with Crippen LogP contribution in [0.15, 0.2) is 33.9 Å². The SMILES string of the molecule is O=C(CCNC(=O)Cn1cnc2sc3c(c2c1=O)CCCC3)NCc1ccco1. The highest BCUT2D eigenvalue weighted by Gasteiger charge is 2.20. The molecule has 0 bridgehead atoms. The Morgan fingerprint density at radius 3 is 2.90 bits per heavy atom. The van der Waals surface area contributed by atoms with Gasteiger partial charge in [-0.05, 0) is 43.4 Å². The molecular formula is C20H22N4O4S. The van der Waals surface area contributed by atoms with E-state index in [9.17, 15) is 14.4 Å². The molecule has 4 rings (SSSR count). The molecule has 3 aromatic heterocycles. The molecule has 29 heavy (non-hydrogen) atoms. The number of hydrogen-bond acceptors (Lipinski definition) is 6. The first-order valence-corrected chi connectivity index (χ1v) is 10.5. The maximum absolute atomic E-state index is 12.9. The van der Waals surface area contributed by atoms with Crippen molar-refractivity contribution in [3.05, 3.63) is 51.3 Å². The molecule has 1 aliphatic carbocycles. The zero-order chi connectivity index (χ0) is 20.2. The fourth-order valence-electron chi connectivity index (χ4n) is 3.51. The van der Waals surface area contributed by atoms with Gasteiger partial charge in [-0.1, -0.05) is 0 Å². The summed E-state index contributed by atoms with van der Waals surface area (Å²) in [7, 11) is 0. The Hall–Kier alpha value is -2.94. The number of hydrogen-bond donors (Lipinski definition) is 2. The van der Waals surface area contributed by atoms with Crippen LogP contribution in [0.2, 0.25) is 0 Å². The van der Waals surface area contributed by atoms with Crippen LogP contribution >= 0.6 is 11.3 Å². The zero-order valence-electron chi connectivity index (χ0n) is 15.9. The smallest absolute Gasteiger partial charge is 0.262 e. The Labute approximate surface area is 170 Å². The topological polar surface area (TPSA) is 106 Å². The third-order valence-corrected chi connectivity index (χ3v) is 6.17. The molecule has 0 saturated heterocycles. The fourth-order valence-corrected chi connectivity index (χ4v) is 4.73. The van der Waals surface area contributed by atoms with Gasteiger partial charge in [0.25, 0.3) is 5.56 Å². The van der Waals surface area contributed by atoms with Crippen molar-refractivity contribution in [3.8, 4) is 0 Å². The van der Waals surface area contributed by atoms with Crippen molar-refractivity contribution in [1.29, 1.82) is 0 Å². The van der Waals surface area contributed by atoms with Gasteiger partial charge in [-0.25, -0.2) is 4.98 Å². The summed E-state index contributed by atoms with van der Waals surface area (Å²) in [5, 5.41) is 6.06. The van der Waals surface area contributed by atoms with E-state index in [4.69, 9.17) is 4.42 Å². The van der Waals surface area contributed by atoms with Gasteiger partial charge in [0.15, 0.2) is 0 Å². The molecule has 0 atom stereocenters. The Balaban J connectivity index is 1.31. The Kier molecular flexibility index (Phi) is 5.75. The molecule has 0 saturated carbocycles. The van der Waals surface area contributed by atoms with Gasteiger partial charge in [0.05, 0.1) is 24.5 Å². The lowest BCUT2D eigenvalue weighted by molar-refractivity contribution is -0.122. The number of nitrogens with one attached hydrogen (secondary N) is 2. The summed E-state index contributed by atoms with van der Waals surface area (Å²) in [6, 6.07) is 3.52.